The zero-order chi connectivity index (χ0) is 31.0. The summed E-state index contributed by atoms with van der Waals surface area (Å²) in [4.78, 5) is 29.8. The number of rotatable bonds is 13. The van der Waals surface area contributed by atoms with Crippen LogP contribution in [0.3, 0.4) is 0 Å². The van der Waals surface area contributed by atoms with Crippen molar-refractivity contribution in [3.8, 4) is 11.5 Å². The molecule has 0 saturated heterocycles. The summed E-state index contributed by atoms with van der Waals surface area (Å²) in [5, 5.41) is 10.2. The minimum atomic E-state index is -4.43. The van der Waals surface area contributed by atoms with Crippen molar-refractivity contribution in [2.24, 2.45) is 17.8 Å². The third-order valence-electron chi connectivity index (χ3n) is 7.46. The average Bonchev–Trinajstić information content (AvgIpc) is 2.95. The number of benzene rings is 2. The smallest absolute Gasteiger partial charge is 0.416 e. The first-order valence-corrected chi connectivity index (χ1v) is 13.7. The molecule has 42 heavy (non-hydrogen) atoms. The molecule has 0 bridgehead atoms. The predicted octanol–water partition coefficient (Wildman–Crippen LogP) is 7.22. The molecule has 0 aliphatic rings. The van der Waals surface area contributed by atoms with Crippen LogP contribution >= 0.6 is 0 Å². The number of hydrogen-bond acceptors (Lipinski definition) is 6. The molecule has 1 heterocycles. The van der Waals surface area contributed by atoms with Gasteiger partial charge in [-0.25, -0.2) is 9.37 Å². The van der Waals surface area contributed by atoms with E-state index in [-0.39, 0.29) is 35.5 Å². The number of esters is 1. The molecule has 3 rings (SSSR count). The predicted molar refractivity (Wildman–Crippen MR) is 149 cm³/mol. The maximum Gasteiger partial charge on any atom is 0.416 e. The number of carbonyl (C=O) groups excluding carboxylic acids is 2. The summed E-state index contributed by atoms with van der Waals surface area (Å²) in [5.41, 5.74) is 0.587. The molecule has 0 fully saturated rings. The Morgan fingerprint density at radius 2 is 1.55 bits per heavy atom. The van der Waals surface area contributed by atoms with E-state index >= 15 is 0 Å². The molecule has 0 spiro atoms. The highest BCUT2D eigenvalue weighted by atomic mass is 19.4. The van der Waals surface area contributed by atoms with Crippen molar-refractivity contribution < 1.29 is 41.7 Å². The second-order valence-electron chi connectivity index (χ2n) is 10.4. The van der Waals surface area contributed by atoms with Gasteiger partial charge < -0.3 is 14.6 Å². The minimum absolute atomic E-state index is 0.0829. The Bertz CT molecular complexity index is 1340. The van der Waals surface area contributed by atoms with Gasteiger partial charge in [0.15, 0.2) is 23.0 Å². The van der Waals surface area contributed by atoms with E-state index < -0.39 is 41.3 Å². The van der Waals surface area contributed by atoms with Crippen molar-refractivity contribution >= 4 is 11.8 Å². The van der Waals surface area contributed by atoms with Gasteiger partial charge in [-0.3, -0.25) is 9.59 Å². The molecule has 6 nitrogen and oxygen atoms in total. The Labute approximate surface area is 242 Å². The van der Waals surface area contributed by atoms with Gasteiger partial charge in [0.25, 0.3) is 0 Å². The minimum Gasteiger partial charge on any atom is -0.503 e. The summed E-state index contributed by atoms with van der Waals surface area (Å²) in [6.45, 7) is 5.24. The van der Waals surface area contributed by atoms with Crippen LogP contribution in [0.25, 0.3) is 0 Å². The lowest BCUT2D eigenvalue weighted by Gasteiger charge is -2.32. The largest absolute Gasteiger partial charge is 0.503 e. The molecule has 0 amide bonds. The second-order valence-corrected chi connectivity index (χ2v) is 10.4. The molecule has 1 N–H and O–H groups in total. The SMILES string of the molecule is CC[C@H](Cc1ccc(C(F)(F)F)cc1)[C@@H](Cc1ccc(F)cc1)[C@H](C)OC(=O)[C@H](C)CC(=O)c1nccc(OC)c1O. The lowest BCUT2D eigenvalue weighted by atomic mass is 9.78. The monoisotopic (exact) mass is 589 g/mol. The number of methoxy groups -OCH3 is 1. The average molecular weight is 590 g/mol. The number of carbonyl (C=O) groups is 2. The first kappa shape index (κ1) is 32.6. The number of aromatic hydroxyl groups is 1. The van der Waals surface area contributed by atoms with Gasteiger partial charge in [0.05, 0.1) is 18.6 Å². The maximum atomic E-state index is 13.6. The molecule has 0 saturated carbocycles. The zero-order valence-electron chi connectivity index (χ0n) is 24.0. The zero-order valence-corrected chi connectivity index (χ0v) is 24.0. The molecule has 0 aliphatic carbocycles. The lowest BCUT2D eigenvalue weighted by molar-refractivity contribution is -0.156. The quantitative estimate of drug-likeness (QED) is 0.129. The van der Waals surface area contributed by atoms with Gasteiger partial charge in [-0.15, -0.1) is 0 Å². The third-order valence-corrected chi connectivity index (χ3v) is 7.46. The van der Waals surface area contributed by atoms with Crippen LogP contribution in [0.4, 0.5) is 17.6 Å². The second kappa shape index (κ2) is 14.3. The van der Waals surface area contributed by atoms with Gasteiger partial charge in [-0.05, 0) is 61.1 Å². The van der Waals surface area contributed by atoms with E-state index in [1.165, 1.54) is 43.6 Å². The van der Waals surface area contributed by atoms with E-state index in [4.69, 9.17) is 9.47 Å². The third kappa shape index (κ3) is 8.53. The summed E-state index contributed by atoms with van der Waals surface area (Å²) < 4.78 is 63.6. The lowest BCUT2D eigenvalue weighted by Crippen LogP contribution is -2.34. The molecule has 1 aromatic heterocycles. The van der Waals surface area contributed by atoms with E-state index in [0.29, 0.717) is 24.8 Å². The number of hydrogen-bond donors (Lipinski definition) is 1. The van der Waals surface area contributed by atoms with Crippen LogP contribution in [0.1, 0.15) is 60.8 Å². The van der Waals surface area contributed by atoms with Crippen LogP contribution in [-0.4, -0.2) is 35.1 Å². The number of nitrogens with zero attached hydrogens (tertiary/aromatic N) is 1. The van der Waals surface area contributed by atoms with Crippen molar-refractivity contribution in [1.82, 2.24) is 4.98 Å². The number of Topliss-reactive ketones (excluding diaryl/α,β-unsaturated/α-hetero) is 1. The highest BCUT2D eigenvalue weighted by molar-refractivity contribution is 5.99. The summed E-state index contributed by atoms with van der Waals surface area (Å²) in [7, 11) is 1.34. The van der Waals surface area contributed by atoms with E-state index in [1.807, 2.05) is 6.92 Å². The molecule has 226 valence electrons. The molecule has 4 atom stereocenters. The van der Waals surface area contributed by atoms with E-state index in [9.17, 15) is 32.3 Å². The molecule has 3 aromatic rings. The summed E-state index contributed by atoms with van der Waals surface area (Å²) in [5.74, 6) is -3.10. The molecule has 0 radical (unpaired) electrons. The van der Waals surface area contributed by atoms with Crippen molar-refractivity contribution in [2.75, 3.05) is 7.11 Å². The van der Waals surface area contributed by atoms with Crippen molar-refractivity contribution in [2.45, 2.75) is 58.7 Å². The Morgan fingerprint density at radius 1 is 0.952 bits per heavy atom. The summed E-state index contributed by atoms with van der Waals surface area (Å²) >= 11 is 0. The Morgan fingerprint density at radius 3 is 2.12 bits per heavy atom. The Kier molecular flexibility index (Phi) is 11.1. The first-order chi connectivity index (χ1) is 19.8. The van der Waals surface area contributed by atoms with Gasteiger partial charge in [0, 0.05) is 24.6 Å². The standard InChI is InChI=1S/C32H35F4NO5/c1-5-23(17-21-6-10-24(11-7-21)32(34,35)36)26(18-22-8-12-25(33)13-9-22)20(3)42-31(40)19(2)16-27(38)29-30(39)28(41-4)14-15-37-29/h6-15,19-20,23,26,39H,5,16-18H2,1-4H3/t19-,20+,23-,26+/m1/s1. The fourth-order valence-electron chi connectivity index (χ4n) is 4.99. The number of ketones is 1. The Hall–Kier alpha value is -3.95. The van der Waals surface area contributed by atoms with Crippen LogP contribution in [0.15, 0.2) is 60.8 Å². The molecule has 2 aromatic carbocycles. The number of ether oxygens (including phenoxy) is 2. The highest BCUT2D eigenvalue weighted by Gasteiger charge is 2.33. The van der Waals surface area contributed by atoms with Crippen molar-refractivity contribution in [3.05, 3.63) is 89.0 Å². The fraction of sp³-hybridized carbons (Fsp3) is 0.406. The number of halogens is 4. The number of pyridine rings is 1. The van der Waals surface area contributed by atoms with Gasteiger partial charge in [0.1, 0.15) is 11.9 Å². The van der Waals surface area contributed by atoms with Crippen LogP contribution in [0, 0.1) is 23.6 Å². The molecule has 10 heteroatoms. The molecule has 0 aliphatic heterocycles. The number of aromatic nitrogens is 1. The fourth-order valence-corrected chi connectivity index (χ4v) is 4.99. The normalized spacial score (nSPS) is 14.5. The van der Waals surface area contributed by atoms with E-state index in [2.05, 4.69) is 4.98 Å². The Balaban J connectivity index is 1.77. The topological polar surface area (TPSA) is 85.7 Å². The maximum absolute atomic E-state index is 13.6. The van der Waals surface area contributed by atoms with Gasteiger partial charge >= 0.3 is 12.1 Å². The van der Waals surface area contributed by atoms with Crippen LogP contribution in [0.2, 0.25) is 0 Å². The van der Waals surface area contributed by atoms with Crippen molar-refractivity contribution in [3.63, 3.8) is 0 Å². The van der Waals surface area contributed by atoms with Crippen molar-refractivity contribution in [1.29, 1.82) is 0 Å². The van der Waals surface area contributed by atoms with Gasteiger partial charge in [0.2, 0.25) is 0 Å². The van der Waals surface area contributed by atoms with Gasteiger partial charge in [-0.1, -0.05) is 44.5 Å². The van der Waals surface area contributed by atoms with Crippen LogP contribution < -0.4 is 4.74 Å². The molecular formula is C32H35F4NO5. The first-order valence-electron chi connectivity index (χ1n) is 13.7. The molecule has 0 unspecified atom stereocenters. The van der Waals surface area contributed by atoms with Crippen LogP contribution in [0.5, 0.6) is 11.5 Å². The number of alkyl halides is 3. The van der Waals surface area contributed by atoms with E-state index in [0.717, 1.165) is 17.7 Å². The van der Waals surface area contributed by atoms with Gasteiger partial charge in [-0.2, -0.15) is 13.2 Å². The van der Waals surface area contributed by atoms with E-state index in [1.54, 1.807) is 26.0 Å². The summed E-state index contributed by atoms with van der Waals surface area (Å²) in [6.07, 6.45) is -2.49. The molecular weight excluding hydrogens is 554 g/mol. The summed E-state index contributed by atoms with van der Waals surface area (Å²) in [6, 6.07) is 12.4. The highest BCUT2D eigenvalue weighted by Crippen LogP contribution is 2.33. The van der Waals surface area contributed by atoms with Crippen LogP contribution in [-0.2, 0) is 28.5 Å².